The molecule has 1 aromatic carbocycles. The summed E-state index contributed by atoms with van der Waals surface area (Å²) in [6.07, 6.45) is 1.79. The summed E-state index contributed by atoms with van der Waals surface area (Å²) in [6.45, 7) is 2.48. The van der Waals surface area contributed by atoms with Crippen molar-refractivity contribution in [1.82, 2.24) is 4.31 Å². The number of ether oxygens (including phenoxy) is 1. The molecule has 0 aliphatic carbocycles. The van der Waals surface area contributed by atoms with Gasteiger partial charge in [-0.25, -0.2) is 8.42 Å². The van der Waals surface area contributed by atoms with Gasteiger partial charge >= 0.3 is 0 Å². The zero-order valence-corrected chi connectivity index (χ0v) is 11.4. The molecular weight excluding hydrogens is 252 g/mol. The Bertz CT molecular complexity index is 542. The van der Waals surface area contributed by atoms with Gasteiger partial charge in [-0.3, -0.25) is 0 Å². The number of nitrogens with two attached hydrogens (primary N) is 1. The fraction of sp³-hybridized carbons (Fsp3) is 0.500. The van der Waals surface area contributed by atoms with Crippen LogP contribution in [0.4, 0.5) is 5.69 Å². The van der Waals surface area contributed by atoms with Gasteiger partial charge in [0.2, 0.25) is 10.0 Å². The molecule has 0 radical (unpaired) electrons. The van der Waals surface area contributed by atoms with E-state index in [1.807, 2.05) is 6.92 Å². The summed E-state index contributed by atoms with van der Waals surface area (Å²) < 4.78 is 31.8. The van der Waals surface area contributed by atoms with E-state index in [9.17, 15) is 8.42 Å². The van der Waals surface area contributed by atoms with Gasteiger partial charge in [-0.05, 0) is 38.0 Å². The third-order valence-electron chi connectivity index (χ3n) is 3.27. The first-order chi connectivity index (χ1) is 8.46. The van der Waals surface area contributed by atoms with E-state index in [2.05, 4.69) is 0 Å². The third-order valence-corrected chi connectivity index (χ3v) is 5.30. The van der Waals surface area contributed by atoms with E-state index in [0.29, 0.717) is 18.0 Å². The number of nitrogen functional groups attached to an aromatic ring is 1. The van der Waals surface area contributed by atoms with Crippen LogP contribution in [0.1, 0.15) is 19.8 Å². The first-order valence-electron chi connectivity index (χ1n) is 5.92. The molecule has 0 spiro atoms. The Kier molecular flexibility index (Phi) is 3.49. The number of anilines is 1. The topological polar surface area (TPSA) is 72.6 Å². The molecule has 6 heteroatoms. The molecule has 18 heavy (non-hydrogen) atoms. The van der Waals surface area contributed by atoms with E-state index >= 15 is 0 Å². The minimum Gasteiger partial charge on any atom is -0.495 e. The van der Waals surface area contributed by atoms with E-state index in [-0.39, 0.29) is 10.9 Å². The molecule has 0 aromatic heterocycles. The summed E-state index contributed by atoms with van der Waals surface area (Å²) in [5.74, 6) is 0.336. The van der Waals surface area contributed by atoms with Crippen molar-refractivity contribution in [2.24, 2.45) is 0 Å². The van der Waals surface area contributed by atoms with Crippen molar-refractivity contribution in [3.63, 3.8) is 0 Å². The maximum absolute atomic E-state index is 12.6. The number of rotatable bonds is 3. The molecule has 0 bridgehead atoms. The molecule has 1 aliphatic rings. The first-order valence-corrected chi connectivity index (χ1v) is 7.36. The Labute approximate surface area is 108 Å². The number of nitrogens with zero attached hydrogens (tertiary/aromatic N) is 1. The standard InChI is InChI=1S/C12H18N2O3S/c1-9-4-3-7-14(9)18(15,16)12-8-10(13)5-6-11(12)17-2/h5-6,8-9H,3-4,7,13H2,1-2H3. The van der Waals surface area contributed by atoms with Crippen molar-refractivity contribution in [3.05, 3.63) is 18.2 Å². The molecule has 1 fully saturated rings. The van der Waals surface area contributed by atoms with Crippen LogP contribution in [-0.2, 0) is 10.0 Å². The SMILES string of the molecule is COc1ccc(N)cc1S(=O)(=O)N1CCCC1C. The highest BCUT2D eigenvalue weighted by molar-refractivity contribution is 7.89. The average Bonchev–Trinajstić information content (AvgIpc) is 2.76. The van der Waals surface area contributed by atoms with Gasteiger partial charge in [0, 0.05) is 18.3 Å². The molecule has 100 valence electrons. The van der Waals surface area contributed by atoms with Crippen LogP contribution >= 0.6 is 0 Å². The Hall–Kier alpha value is -1.27. The van der Waals surface area contributed by atoms with Gasteiger partial charge in [0.1, 0.15) is 10.6 Å². The second kappa shape index (κ2) is 4.78. The van der Waals surface area contributed by atoms with Gasteiger partial charge in [-0.1, -0.05) is 0 Å². The Balaban J connectivity index is 2.49. The Morgan fingerprint density at radius 3 is 2.72 bits per heavy atom. The highest BCUT2D eigenvalue weighted by Gasteiger charge is 2.34. The normalized spacial score (nSPS) is 21.1. The lowest BCUT2D eigenvalue weighted by Gasteiger charge is -2.22. The smallest absolute Gasteiger partial charge is 0.247 e. The second-order valence-corrected chi connectivity index (χ2v) is 6.38. The lowest BCUT2D eigenvalue weighted by Crippen LogP contribution is -2.33. The molecule has 1 atom stereocenters. The van der Waals surface area contributed by atoms with E-state index in [1.165, 1.54) is 17.5 Å². The predicted molar refractivity (Wildman–Crippen MR) is 70.0 cm³/mol. The minimum atomic E-state index is -3.52. The van der Waals surface area contributed by atoms with Crippen LogP contribution in [0.25, 0.3) is 0 Å². The monoisotopic (exact) mass is 270 g/mol. The zero-order valence-electron chi connectivity index (χ0n) is 10.6. The average molecular weight is 270 g/mol. The van der Waals surface area contributed by atoms with Crippen molar-refractivity contribution < 1.29 is 13.2 Å². The van der Waals surface area contributed by atoms with Crippen LogP contribution in [0, 0.1) is 0 Å². The second-order valence-electron chi connectivity index (χ2n) is 4.52. The summed E-state index contributed by atoms with van der Waals surface area (Å²) in [6, 6.07) is 4.70. The van der Waals surface area contributed by atoms with Gasteiger partial charge in [0.25, 0.3) is 0 Å². The third kappa shape index (κ3) is 2.18. The van der Waals surface area contributed by atoms with Crippen LogP contribution in [0.2, 0.25) is 0 Å². The van der Waals surface area contributed by atoms with Gasteiger partial charge in [-0.2, -0.15) is 4.31 Å². The highest BCUT2D eigenvalue weighted by Crippen LogP contribution is 2.32. The van der Waals surface area contributed by atoms with Crippen LogP contribution in [-0.4, -0.2) is 32.4 Å². The van der Waals surface area contributed by atoms with Crippen LogP contribution in [0.3, 0.4) is 0 Å². The molecule has 1 aromatic rings. The molecule has 2 N–H and O–H groups in total. The summed E-state index contributed by atoms with van der Waals surface area (Å²) in [4.78, 5) is 0.152. The van der Waals surface area contributed by atoms with Gasteiger partial charge in [-0.15, -0.1) is 0 Å². The molecule has 1 saturated heterocycles. The lowest BCUT2D eigenvalue weighted by molar-refractivity contribution is 0.386. The molecule has 0 amide bonds. The molecule has 1 aliphatic heterocycles. The van der Waals surface area contributed by atoms with Crippen molar-refractivity contribution in [2.45, 2.75) is 30.7 Å². The zero-order chi connectivity index (χ0) is 13.3. The van der Waals surface area contributed by atoms with E-state index in [1.54, 1.807) is 12.1 Å². The summed E-state index contributed by atoms with van der Waals surface area (Å²) in [5.41, 5.74) is 6.09. The highest BCUT2D eigenvalue weighted by atomic mass is 32.2. The largest absolute Gasteiger partial charge is 0.495 e. The molecular formula is C12H18N2O3S. The van der Waals surface area contributed by atoms with Crippen LogP contribution in [0.15, 0.2) is 23.1 Å². The molecule has 5 nitrogen and oxygen atoms in total. The molecule has 1 unspecified atom stereocenters. The molecule has 2 rings (SSSR count). The van der Waals surface area contributed by atoms with Crippen molar-refractivity contribution >= 4 is 15.7 Å². The maximum Gasteiger partial charge on any atom is 0.247 e. The van der Waals surface area contributed by atoms with Crippen molar-refractivity contribution in [1.29, 1.82) is 0 Å². The van der Waals surface area contributed by atoms with Gasteiger partial charge in [0.15, 0.2) is 0 Å². The fourth-order valence-corrected chi connectivity index (χ4v) is 4.18. The lowest BCUT2D eigenvalue weighted by atomic mass is 10.3. The number of hydrogen-bond acceptors (Lipinski definition) is 4. The van der Waals surface area contributed by atoms with Crippen LogP contribution < -0.4 is 10.5 Å². The van der Waals surface area contributed by atoms with E-state index < -0.39 is 10.0 Å². The van der Waals surface area contributed by atoms with Crippen LogP contribution in [0.5, 0.6) is 5.75 Å². The van der Waals surface area contributed by atoms with Gasteiger partial charge in [0.05, 0.1) is 7.11 Å². The van der Waals surface area contributed by atoms with Gasteiger partial charge < -0.3 is 10.5 Å². The van der Waals surface area contributed by atoms with Crippen molar-refractivity contribution in [2.75, 3.05) is 19.4 Å². The summed E-state index contributed by atoms with van der Waals surface area (Å²) >= 11 is 0. The fourth-order valence-electron chi connectivity index (χ4n) is 2.29. The Morgan fingerprint density at radius 1 is 1.44 bits per heavy atom. The first kappa shape index (κ1) is 13.2. The van der Waals surface area contributed by atoms with E-state index in [0.717, 1.165) is 12.8 Å². The quantitative estimate of drug-likeness (QED) is 0.844. The predicted octanol–water partition coefficient (Wildman–Crippen LogP) is 1.45. The van der Waals surface area contributed by atoms with E-state index in [4.69, 9.17) is 10.5 Å². The number of sulfonamides is 1. The van der Waals surface area contributed by atoms with Crippen molar-refractivity contribution in [3.8, 4) is 5.75 Å². The number of hydrogen-bond donors (Lipinski definition) is 1. The maximum atomic E-state index is 12.6. The molecule has 0 saturated carbocycles. The number of benzene rings is 1. The number of methoxy groups -OCH3 is 1. The summed E-state index contributed by atoms with van der Waals surface area (Å²) in [5, 5.41) is 0. The minimum absolute atomic E-state index is 0.0288. The Morgan fingerprint density at radius 2 is 2.17 bits per heavy atom. The summed E-state index contributed by atoms with van der Waals surface area (Å²) in [7, 11) is -2.07. The molecule has 1 heterocycles.